The van der Waals surface area contributed by atoms with E-state index in [2.05, 4.69) is 30.6 Å². The van der Waals surface area contributed by atoms with Crippen molar-refractivity contribution in [1.29, 1.82) is 0 Å². The number of likely N-dealkylation sites (N-methyl/N-ethyl adjacent to an activating group) is 1. The van der Waals surface area contributed by atoms with Gasteiger partial charge in [0.2, 0.25) is 11.9 Å². The van der Waals surface area contributed by atoms with Gasteiger partial charge in [-0.2, -0.15) is 5.10 Å². The summed E-state index contributed by atoms with van der Waals surface area (Å²) >= 11 is 0. The SMILES string of the molecule is CNC(=O)[C@@H]1C[C@@H](Nc2ncccn2)CN1Cc1cnn(-c2ccccc2)c1. The lowest BCUT2D eigenvalue weighted by Crippen LogP contribution is -2.41. The molecule has 0 saturated carbocycles. The van der Waals surface area contributed by atoms with Crippen LogP contribution in [0.15, 0.2) is 61.2 Å². The Morgan fingerprint density at radius 2 is 1.96 bits per heavy atom. The summed E-state index contributed by atoms with van der Waals surface area (Å²) in [6.45, 7) is 1.38. The molecule has 0 spiro atoms. The fourth-order valence-electron chi connectivity index (χ4n) is 3.58. The molecule has 8 nitrogen and oxygen atoms in total. The molecule has 1 saturated heterocycles. The second kappa shape index (κ2) is 8.18. The first kappa shape index (κ1) is 18.1. The summed E-state index contributed by atoms with van der Waals surface area (Å²) in [5.74, 6) is 0.607. The fraction of sp³-hybridized carbons (Fsp3) is 0.300. The maximum absolute atomic E-state index is 12.4. The van der Waals surface area contributed by atoms with E-state index in [9.17, 15) is 4.79 Å². The van der Waals surface area contributed by atoms with Gasteiger partial charge in [-0.1, -0.05) is 18.2 Å². The summed E-state index contributed by atoms with van der Waals surface area (Å²) in [5.41, 5.74) is 2.08. The molecule has 0 unspecified atom stereocenters. The highest BCUT2D eigenvalue weighted by atomic mass is 16.2. The van der Waals surface area contributed by atoms with Crippen molar-refractivity contribution in [2.75, 3.05) is 18.9 Å². The monoisotopic (exact) mass is 377 g/mol. The topological polar surface area (TPSA) is 88.0 Å². The van der Waals surface area contributed by atoms with E-state index < -0.39 is 0 Å². The summed E-state index contributed by atoms with van der Waals surface area (Å²) in [4.78, 5) is 23.0. The molecule has 0 aliphatic carbocycles. The van der Waals surface area contributed by atoms with Crippen LogP contribution in [-0.2, 0) is 11.3 Å². The van der Waals surface area contributed by atoms with Gasteiger partial charge in [-0.15, -0.1) is 0 Å². The summed E-state index contributed by atoms with van der Waals surface area (Å²) < 4.78 is 1.86. The molecule has 2 atom stereocenters. The van der Waals surface area contributed by atoms with Crippen LogP contribution in [-0.4, -0.2) is 56.2 Å². The number of aromatic nitrogens is 4. The molecule has 28 heavy (non-hydrogen) atoms. The number of nitrogens with one attached hydrogen (secondary N) is 2. The van der Waals surface area contributed by atoms with Gasteiger partial charge in [-0.3, -0.25) is 9.69 Å². The summed E-state index contributed by atoms with van der Waals surface area (Å²) in [6.07, 6.45) is 7.98. The highest BCUT2D eigenvalue weighted by Gasteiger charge is 2.36. The van der Waals surface area contributed by atoms with Crippen molar-refractivity contribution < 1.29 is 4.79 Å². The lowest BCUT2D eigenvalue weighted by atomic mass is 10.1. The molecular formula is C20H23N7O. The van der Waals surface area contributed by atoms with Crippen LogP contribution in [0.25, 0.3) is 5.69 Å². The second-order valence-electron chi connectivity index (χ2n) is 6.84. The van der Waals surface area contributed by atoms with Crippen LogP contribution in [0.5, 0.6) is 0 Å². The molecule has 1 aromatic carbocycles. The number of carbonyl (C=O) groups is 1. The first-order chi connectivity index (χ1) is 13.7. The normalized spacial score (nSPS) is 19.5. The van der Waals surface area contributed by atoms with Gasteiger partial charge in [-0.25, -0.2) is 14.6 Å². The number of benzene rings is 1. The van der Waals surface area contributed by atoms with Crippen LogP contribution in [0, 0.1) is 0 Å². The zero-order valence-electron chi connectivity index (χ0n) is 15.7. The number of carbonyl (C=O) groups excluding carboxylic acids is 1. The van der Waals surface area contributed by atoms with E-state index in [1.807, 2.05) is 47.4 Å². The predicted molar refractivity (Wildman–Crippen MR) is 106 cm³/mol. The van der Waals surface area contributed by atoms with E-state index in [1.165, 1.54) is 0 Å². The van der Waals surface area contributed by atoms with E-state index in [0.717, 1.165) is 17.8 Å². The Morgan fingerprint density at radius 1 is 1.18 bits per heavy atom. The number of anilines is 1. The zero-order chi connectivity index (χ0) is 19.3. The third-order valence-electron chi connectivity index (χ3n) is 4.89. The molecule has 0 radical (unpaired) electrons. The molecule has 1 amide bonds. The summed E-state index contributed by atoms with van der Waals surface area (Å²) in [6, 6.07) is 11.7. The maximum atomic E-state index is 12.4. The fourth-order valence-corrected chi connectivity index (χ4v) is 3.58. The van der Waals surface area contributed by atoms with E-state index in [0.29, 0.717) is 18.9 Å². The number of para-hydroxylation sites is 1. The molecule has 4 rings (SSSR count). The van der Waals surface area contributed by atoms with Crippen molar-refractivity contribution in [1.82, 2.24) is 30.0 Å². The van der Waals surface area contributed by atoms with E-state index >= 15 is 0 Å². The van der Waals surface area contributed by atoms with Crippen molar-refractivity contribution in [2.45, 2.75) is 25.0 Å². The molecular weight excluding hydrogens is 354 g/mol. The maximum Gasteiger partial charge on any atom is 0.237 e. The Hall–Kier alpha value is -3.26. The number of rotatable bonds is 6. The van der Waals surface area contributed by atoms with Crippen molar-refractivity contribution in [3.8, 4) is 5.69 Å². The third kappa shape index (κ3) is 4.01. The van der Waals surface area contributed by atoms with Gasteiger partial charge in [0, 0.05) is 50.3 Å². The van der Waals surface area contributed by atoms with Crippen molar-refractivity contribution in [3.63, 3.8) is 0 Å². The molecule has 8 heteroatoms. The van der Waals surface area contributed by atoms with Crippen molar-refractivity contribution in [3.05, 3.63) is 66.7 Å². The third-order valence-corrected chi connectivity index (χ3v) is 4.89. The van der Waals surface area contributed by atoms with E-state index in [1.54, 1.807) is 25.5 Å². The van der Waals surface area contributed by atoms with Crippen molar-refractivity contribution in [2.24, 2.45) is 0 Å². The Morgan fingerprint density at radius 3 is 2.71 bits per heavy atom. The molecule has 0 bridgehead atoms. The average molecular weight is 377 g/mol. The Kier molecular flexibility index (Phi) is 5.29. The van der Waals surface area contributed by atoms with Crippen LogP contribution in [0.2, 0.25) is 0 Å². The second-order valence-corrected chi connectivity index (χ2v) is 6.84. The van der Waals surface area contributed by atoms with Gasteiger partial charge >= 0.3 is 0 Å². The zero-order valence-corrected chi connectivity index (χ0v) is 15.7. The first-order valence-electron chi connectivity index (χ1n) is 9.31. The minimum atomic E-state index is -0.203. The molecule has 1 fully saturated rings. The highest BCUT2D eigenvalue weighted by Crippen LogP contribution is 2.23. The van der Waals surface area contributed by atoms with Gasteiger partial charge in [0.1, 0.15) is 0 Å². The quantitative estimate of drug-likeness (QED) is 0.676. The molecule has 1 aliphatic heterocycles. The molecule has 3 aromatic rings. The first-order valence-corrected chi connectivity index (χ1v) is 9.31. The molecule has 1 aliphatic rings. The van der Waals surface area contributed by atoms with Gasteiger partial charge in [0.05, 0.1) is 17.9 Å². The van der Waals surface area contributed by atoms with Crippen LogP contribution < -0.4 is 10.6 Å². The van der Waals surface area contributed by atoms with E-state index in [4.69, 9.17) is 0 Å². The van der Waals surface area contributed by atoms with Gasteiger partial charge in [-0.05, 0) is 24.6 Å². The number of nitrogens with zero attached hydrogens (tertiary/aromatic N) is 5. The molecule has 144 valence electrons. The van der Waals surface area contributed by atoms with Crippen molar-refractivity contribution >= 4 is 11.9 Å². The van der Waals surface area contributed by atoms with Crippen LogP contribution in [0.3, 0.4) is 0 Å². The average Bonchev–Trinajstić information content (AvgIpc) is 3.36. The van der Waals surface area contributed by atoms with Crippen LogP contribution >= 0.6 is 0 Å². The Labute approximate surface area is 163 Å². The van der Waals surface area contributed by atoms with Crippen LogP contribution in [0.4, 0.5) is 5.95 Å². The lowest BCUT2D eigenvalue weighted by Gasteiger charge is -2.22. The molecule has 2 N–H and O–H groups in total. The minimum Gasteiger partial charge on any atom is -0.358 e. The summed E-state index contributed by atoms with van der Waals surface area (Å²) in [5, 5.41) is 10.6. The smallest absolute Gasteiger partial charge is 0.237 e. The number of likely N-dealkylation sites (tertiary alicyclic amines) is 1. The van der Waals surface area contributed by atoms with E-state index in [-0.39, 0.29) is 18.0 Å². The van der Waals surface area contributed by atoms with Crippen LogP contribution in [0.1, 0.15) is 12.0 Å². The summed E-state index contributed by atoms with van der Waals surface area (Å²) in [7, 11) is 1.68. The lowest BCUT2D eigenvalue weighted by molar-refractivity contribution is -0.125. The minimum absolute atomic E-state index is 0.0220. The number of hydrogen-bond acceptors (Lipinski definition) is 6. The number of hydrogen-bond donors (Lipinski definition) is 2. The standard InChI is InChI=1S/C20H23N7O/c1-21-19(28)18-10-16(25-20-22-8-5-9-23-20)14-26(18)12-15-11-24-27(13-15)17-6-3-2-4-7-17/h2-9,11,13,16,18H,10,12,14H2,1H3,(H,21,28)(H,22,23,25)/t16-,18+/m1/s1. The molecule has 3 heterocycles. The largest absolute Gasteiger partial charge is 0.358 e. The Balaban J connectivity index is 1.47. The highest BCUT2D eigenvalue weighted by molar-refractivity contribution is 5.82. The number of amides is 1. The van der Waals surface area contributed by atoms with Gasteiger partial charge in [0.15, 0.2) is 0 Å². The van der Waals surface area contributed by atoms with Gasteiger partial charge in [0.25, 0.3) is 0 Å². The predicted octanol–water partition coefficient (Wildman–Crippen LogP) is 1.46. The Bertz CT molecular complexity index is 913. The molecule has 2 aromatic heterocycles. The van der Waals surface area contributed by atoms with Gasteiger partial charge < -0.3 is 10.6 Å².